The Labute approximate surface area is 167 Å². The van der Waals surface area contributed by atoms with Crippen LogP contribution < -0.4 is 5.32 Å². The van der Waals surface area contributed by atoms with E-state index < -0.39 is 35.3 Å². The Morgan fingerprint density at radius 3 is 2.48 bits per heavy atom. The average molecular weight is 402 g/mol. The Bertz CT molecular complexity index is 908. The van der Waals surface area contributed by atoms with Gasteiger partial charge in [-0.1, -0.05) is 18.2 Å². The average Bonchev–Trinajstić information content (AvgIpc) is 2.61. The van der Waals surface area contributed by atoms with E-state index in [1.54, 1.807) is 26.8 Å². The maximum atomic E-state index is 14.1. The Morgan fingerprint density at radius 1 is 1.17 bits per heavy atom. The highest BCUT2D eigenvalue weighted by atomic mass is 19.1. The van der Waals surface area contributed by atoms with Crippen LogP contribution in [0, 0.1) is 5.82 Å². The quantitative estimate of drug-likeness (QED) is 0.737. The summed E-state index contributed by atoms with van der Waals surface area (Å²) < 4.78 is 19.3. The summed E-state index contributed by atoms with van der Waals surface area (Å²) in [6.45, 7) is 5.02. The first-order chi connectivity index (χ1) is 13.6. The zero-order chi connectivity index (χ0) is 21.6. The maximum Gasteiger partial charge on any atom is 0.408 e. The fourth-order valence-corrected chi connectivity index (χ4v) is 2.64. The van der Waals surface area contributed by atoms with Crippen molar-refractivity contribution < 1.29 is 28.6 Å². The minimum Gasteiger partial charge on any atom is -0.478 e. The van der Waals surface area contributed by atoms with Gasteiger partial charge in [0.15, 0.2) is 5.78 Å². The molecule has 2 aromatic rings. The summed E-state index contributed by atoms with van der Waals surface area (Å²) in [4.78, 5) is 40.4. The van der Waals surface area contributed by atoms with Gasteiger partial charge in [-0.3, -0.25) is 9.78 Å². The van der Waals surface area contributed by atoms with Crippen molar-refractivity contribution in [1.29, 1.82) is 0 Å². The van der Waals surface area contributed by atoms with Gasteiger partial charge in [0.1, 0.15) is 11.4 Å². The Hall–Kier alpha value is -3.29. The molecule has 1 aromatic heterocycles. The van der Waals surface area contributed by atoms with Crippen LogP contribution >= 0.6 is 0 Å². The third-order valence-corrected chi connectivity index (χ3v) is 3.92. The van der Waals surface area contributed by atoms with Crippen LogP contribution in [0.4, 0.5) is 9.18 Å². The standard InChI is InChI=1S/C21H23FN2O5/c1-21(2,3)29-20(28)24-17(11-13-7-4-5-9-15(13)22)18(25)12-16-14(19(26)27)8-6-10-23-16/h4-10,17H,11-12H2,1-3H3,(H,24,28)(H,26,27). The Kier molecular flexibility index (Phi) is 7.03. The number of hydrogen-bond donors (Lipinski definition) is 2. The monoisotopic (exact) mass is 402 g/mol. The number of nitrogens with one attached hydrogen (secondary N) is 1. The van der Waals surface area contributed by atoms with E-state index in [1.165, 1.54) is 36.5 Å². The number of aromatic nitrogens is 1. The number of rotatable bonds is 7. The molecule has 154 valence electrons. The van der Waals surface area contributed by atoms with Gasteiger partial charge < -0.3 is 15.2 Å². The number of carboxylic acid groups (broad SMARTS) is 1. The lowest BCUT2D eigenvalue weighted by Crippen LogP contribution is -2.45. The van der Waals surface area contributed by atoms with Crippen molar-refractivity contribution in [3.63, 3.8) is 0 Å². The van der Waals surface area contributed by atoms with Gasteiger partial charge in [0, 0.05) is 12.6 Å². The molecule has 0 aliphatic rings. The van der Waals surface area contributed by atoms with Gasteiger partial charge in [0.25, 0.3) is 0 Å². The zero-order valence-electron chi connectivity index (χ0n) is 16.4. The molecule has 0 bridgehead atoms. The van der Waals surface area contributed by atoms with Crippen LogP contribution in [0.1, 0.15) is 42.4 Å². The second-order valence-corrected chi connectivity index (χ2v) is 7.44. The summed E-state index contributed by atoms with van der Waals surface area (Å²) in [6.07, 6.45) is 0.103. The summed E-state index contributed by atoms with van der Waals surface area (Å²) in [7, 11) is 0. The van der Waals surface area contributed by atoms with E-state index in [-0.39, 0.29) is 29.7 Å². The first kappa shape index (κ1) is 22.0. The number of hydrogen-bond acceptors (Lipinski definition) is 5. The van der Waals surface area contributed by atoms with Crippen molar-refractivity contribution >= 4 is 17.8 Å². The number of ketones is 1. The van der Waals surface area contributed by atoms with Crippen molar-refractivity contribution in [3.05, 3.63) is 65.2 Å². The summed E-state index contributed by atoms with van der Waals surface area (Å²) in [6, 6.07) is 7.57. The number of nitrogens with zero attached hydrogens (tertiary/aromatic N) is 1. The first-order valence-corrected chi connectivity index (χ1v) is 8.99. The highest BCUT2D eigenvalue weighted by Crippen LogP contribution is 2.14. The van der Waals surface area contributed by atoms with Crippen molar-refractivity contribution in [2.24, 2.45) is 0 Å². The second kappa shape index (κ2) is 9.27. The van der Waals surface area contributed by atoms with Crippen LogP contribution in [0.3, 0.4) is 0 Å². The fourth-order valence-electron chi connectivity index (χ4n) is 2.64. The summed E-state index contributed by atoms with van der Waals surface area (Å²) >= 11 is 0. The van der Waals surface area contributed by atoms with Crippen LogP contribution in [0.25, 0.3) is 0 Å². The molecule has 7 nitrogen and oxygen atoms in total. The van der Waals surface area contributed by atoms with Crippen molar-refractivity contribution in [2.75, 3.05) is 0 Å². The van der Waals surface area contributed by atoms with Crippen LogP contribution in [0.15, 0.2) is 42.6 Å². The van der Waals surface area contributed by atoms with E-state index in [9.17, 15) is 23.9 Å². The fraction of sp³-hybridized carbons (Fsp3) is 0.333. The van der Waals surface area contributed by atoms with Crippen molar-refractivity contribution in [1.82, 2.24) is 10.3 Å². The van der Waals surface area contributed by atoms with Gasteiger partial charge in [-0.25, -0.2) is 14.0 Å². The predicted molar refractivity (Wildman–Crippen MR) is 103 cm³/mol. The van der Waals surface area contributed by atoms with Gasteiger partial charge in [0.05, 0.1) is 23.7 Å². The SMILES string of the molecule is CC(C)(C)OC(=O)NC(Cc1ccccc1F)C(=O)Cc1ncccc1C(=O)O. The van der Waals surface area contributed by atoms with Crippen molar-refractivity contribution in [3.8, 4) is 0 Å². The molecule has 2 rings (SSSR count). The van der Waals surface area contributed by atoms with Crippen LogP contribution in [0.5, 0.6) is 0 Å². The zero-order valence-corrected chi connectivity index (χ0v) is 16.4. The number of halogens is 1. The van der Waals surface area contributed by atoms with E-state index in [2.05, 4.69) is 10.3 Å². The summed E-state index contributed by atoms with van der Waals surface area (Å²) in [5, 5.41) is 11.7. The molecule has 8 heteroatoms. The molecule has 0 spiro atoms. The number of Topliss-reactive ketones (excluding diaryl/α,β-unsaturated/α-hetero) is 1. The first-order valence-electron chi connectivity index (χ1n) is 8.99. The minimum absolute atomic E-state index is 0.0644. The molecule has 1 amide bonds. The lowest BCUT2D eigenvalue weighted by atomic mass is 9.98. The van der Waals surface area contributed by atoms with Gasteiger partial charge in [-0.15, -0.1) is 0 Å². The van der Waals surface area contributed by atoms with Gasteiger partial charge in [0.2, 0.25) is 0 Å². The molecule has 0 aliphatic carbocycles. The summed E-state index contributed by atoms with van der Waals surface area (Å²) in [5.74, 6) is -2.24. The third-order valence-electron chi connectivity index (χ3n) is 3.92. The number of ether oxygens (including phenoxy) is 1. The molecule has 0 aliphatic heterocycles. The van der Waals surface area contributed by atoms with Crippen LogP contribution in [-0.2, 0) is 22.4 Å². The smallest absolute Gasteiger partial charge is 0.408 e. The van der Waals surface area contributed by atoms with Crippen LogP contribution in [-0.4, -0.2) is 39.6 Å². The van der Waals surface area contributed by atoms with Gasteiger partial charge in [-0.2, -0.15) is 0 Å². The highest BCUT2D eigenvalue weighted by Gasteiger charge is 2.27. The molecule has 0 radical (unpaired) electrons. The minimum atomic E-state index is -1.22. The maximum absolute atomic E-state index is 14.1. The number of alkyl carbamates (subject to hydrolysis) is 1. The molecule has 0 saturated carbocycles. The van der Waals surface area contributed by atoms with E-state index in [0.29, 0.717) is 0 Å². The largest absolute Gasteiger partial charge is 0.478 e. The van der Waals surface area contributed by atoms with Crippen molar-refractivity contribution in [2.45, 2.75) is 45.3 Å². The number of carbonyl (C=O) groups is 3. The topological polar surface area (TPSA) is 106 Å². The molecule has 0 fully saturated rings. The number of carboxylic acids is 1. The number of amides is 1. The molecule has 1 heterocycles. The van der Waals surface area contributed by atoms with E-state index in [1.807, 2.05) is 0 Å². The highest BCUT2D eigenvalue weighted by molar-refractivity contribution is 5.93. The molecule has 29 heavy (non-hydrogen) atoms. The normalized spacial score (nSPS) is 12.1. The Morgan fingerprint density at radius 2 is 1.86 bits per heavy atom. The number of benzene rings is 1. The predicted octanol–water partition coefficient (Wildman–Crippen LogP) is 3.17. The molecule has 0 saturated heterocycles. The summed E-state index contributed by atoms with van der Waals surface area (Å²) in [5.41, 5.74) is -0.591. The number of carbonyl (C=O) groups excluding carboxylic acids is 2. The number of aromatic carboxylic acids is 1. The van der Waals surface area contributed by atoms with E-state index in [4.69, 9.17) is 4.74 Å². The third kappa shape index (κ3) is 6.67. The molecular weight excluding hydrogens is 379 g/mol. The van der Waals surface area contributed by atoms with E-state index in [0.717, 1.165) is 0 Å². The molecular formula is C21H23FN2O5. The second-order valence-electron chi connectivity index (χ2n) is 7.44. The molecule has 1 unspecified atom stereocenters. The van der Waals surface area contributed by atoms with Crippen LogP contribution in [0.2, 0.25) is 0 Å². The van der Waals surface area contributed by atoms with E-state index >= 15 is 0 Å². The number of pyridine rings is 1. The lowest BCUT2D eigenvalue weighted by molar-refractivity contribution is -0.120. The van der Waals surface area contributed by atoms with Gasteiger partial charge >= 0.3 is 12.1 Å². The lowest BCUT2D eigenvalue weighted by Gasteiger charge is -2.23. The molecule has 1 atom stereocenters. The molecule has 1 aromatic carbocycles. The van der Waals surface area contributed by atoms with Gasteiger partial charge in [-0.05, 0) is 44.5 Å². The molecule has 2 N–H and O–H groups in total. The Balaban J connectivity index is 2.26.